The molecule has 0 aliphatic carbocycles. The Morgan fingerprint density at radius 1 is 0.818 bits per heavy atom. The number of hydrogen-bond donors (Lipinski definition) is 0. The first-order valence-corrected chi connectivity index (χ1v) is 11.8. The van der Waals surface area contributed by atoms with Gasteiger partial charge in [0.25, 0.3) is 0 Å². The summed E-state index contributed by atoms with van der Waals surface area (Å²) in [6.45, 7) is 4.74. The van der Waals surface area contributed by atoms with Gasteiger partial charge in [0, 0.05) is 5.75 Å². The number of thioether (sulfide) groups is 1. The molecule has 0 bridgehead atoms. The Hall–Kier alpha value is -3.71. The first-order valence-electron chi connectivity index (χ1n) is 10.8. The Labute approximate surface area is 197 Å². The van der Waals surface area contributed by atoms with Crippen LogP contribution in [0.4, 0.5) is 0 Å². The van der Waals surface area contributed by atoms with Crippen LogP contribution >= 0.6 is 11.8 Å². The fourth-order valence-corrected chi connectivity index (χ4v) is 4.69. The van der Waals surface area contributed by atoms with E-state index in [1.807, 2.05) is 23.0 Å². The Morgan fingerprint density at radius 2 is 1.61 bits per heavy atom. The van der Waals surface area contributed by atoms with Crippen molar-refractivity contribution in [3.8, 4) is 17.1 Å². The average molecular weight is 453 g/mol. The molecule has 0 atom stereocenters. The van der Waals surface area contributed by atoms with Crippen LogP contribution < -0.4 is 0 Å². The number of aryl methyl sites for hydroxylation is 2. The smallest absolute Gasteiger partial charge is 0.209 e. The van der Waals surface area contributed by atoms with E-state index in [1.165, 1.54) is 16.7 Å². The van der Waals surface area contributed by atoms with E-state index in [4.69, 9.17) is 0 Å². The average Bonchev–Trinajstić information content (AvgIpc) is 3.46. The number of tetrazole rings is 1. The monoisotopic (exact) mass is 452 g/mol. The zero-order valence-corrected chi connectivity index (χ0v) is 19.4. The molecule has 0 amide bonds. The standard InChI is InChI=1S/C26H24N6S/c1-19-11-13-23(14-12-19)32-26(33-18-21-8-4-3-5-9-21)24(16-27-32)25-28-30-31(29-25)17-22-10-6-7-20(2)15-22/h3-16H,17-18H2,1-2H3. The highest BCUT2D eigenvalue weighted by molar-refractivity contribution is 7.98. The van der Waals surface area contributed by atoms with Crippen molar-refractivity contribution < 1.29 is 0 Å². The van der Waals surface area contributed by atoms with Gasteiger partial charge in [-0.3, -0.25) is 0 Å². The summed E-state index contributed by atoms with van der Waals surface area (Å²) < 4.78 is 1.96. The highest BCUT2D eigenvalue weighted by Gasteiger charge is 2.19. The van der Waals surface area contributed by atoms with Crippen molar-refractivity contribution >= 4 is 11.8 Å². The fourth-order valence-electron chi connectivity index (χ4n) is 3.62. The third kappa shape index (κ3) is 4.88. The molecule has 5 aromatic rings. The molecule has 0 N–H and O–H groups in total. The van der Waals surface area contributed by atoms with E-state index in [0.717, 1.165) is 27.6 Å². The van der Waals surface area contributed by atoms with Gasteiger partial charge >= 0.3 is 0 Å². The van der Waals surface area contributed by atoms with Crippen molar-refractivity contribution in [1.82, 2.24) is 30.0 Å². The Bertz CT molecular complexity index is 1360. The molecule has 0 saturated carbocycles. The summed E-state index contributed by atoms with van der Waals surface area (Å²) in [5.74, 6) is 1.40. The zero-order chi connectivity index (χ0) is 22.6. The topological polar surface area (TPSA) is 61.4 Å². The number of aromatic nitrogens is 6. The SMILES string of the molecule is Cc1ccc(-n2ncc(-c3nnn(Cc4cccc(C)c4)n3)c2SCc2ccccc2)cc1. The number of rotatable bonds is 7. The molecule has 3 aromatic carbocycles. The van der Waals surface area contributed by atoms with Gasteiger partial charge in [-0.05, 0) is 42.3 Å². The maximum Gasteiger partial charge on any atom is 0.209 e. The van der Waals surface area contributed by atoms with Gasteiger partial charge in [-0.25, -0.2) is 4.68 Å². The van der Waals surface area contributed by atoms with Gasteiger partial charge in [0.15, 0.2) is 0 Å². The van der Waals surface area contributed by atoms with Crippen LogP contribution in [-0.2, 0) is 12.3 Å². The fraction of sp³-hybridized carbons (Fsp3) is 0.154. The highest BCUT2D eigenvalue weighted by atomic mass is 32.2. The third-order valence-corrected chi connectivity index (χ3v) is 6.47. The van der Waals surface area contributed by atoms with Crippen molar-refractivity contribution in [1.29, 1.82) is 0 Å². The molecule has 0 unspecified atom stereocenters. The second-order valence-corrected chi connectivity index (χ2v) is 8.98. The summed E-state index contributed by atoms with van der Waals surface area (Å²) in [5.41, 5.74) is 6.72. The highest BCUT2D eigenvalue weighted by Crippen LogP contribution is 2.33. The second-order valence-electron chi connectivity index (χ2n) is 8.02. The summed E-state index contributed by atoms with van der Waals surface area (Å²) in [4.78, 5) is 1.64. The minimum Gasteiger partial charge on any atom is -0.226 e. The first-order chi connectivity index (χ1) is 16.2. The van der Waals surface area contributed by atoms with Gasteiger partial charge in [-0.2, -0.15) is 9.90 Å². The lowest BCUT2D eigenvalue weighted by Gasteiger charge is -2.09. The molecule has 164 valence electrons. The van der Waals surface area contributed by atoms with Gasteiger partial charge in [0.1, 0.15) is 5.03 Å². The summed E-state index contributed by atoms with van der Waals surface area (Å²) in [6.07, 6.45) is 1.83. The molecule has 0 fully saturated rings. The summed E-state index contributed by atoms with van der Waals surface area (Å²) in [7, 11) is 0. The van der Waals surface area contributed by atoms with E-state index >= 15 is 0 Å². The molecule has 7 heteroatoms. The molecule has 2 heterocycles. The van der Waals surface area contributed by atoms with E-state index in [0.29, 0.717) is 12.4 Å². The summed E-state index contributed by atoms with van der Waals surface area (Å²) in [6, 6.07) is 27.1. The van der Waals surface area contributed by atoms with Gasteiger partial charge in [-0.1, -0.05) is 77.9 Å². The zero-order valence-electron chi connectivity index (χ0n) is 18.6. The predicted molar refractivity (Wildman–Crippen MR) is 131 cm³/mol. The second kappa shape index (κ2) is 9.42. The minimum absolute atomic E-state index is 0.577. The number of nitrogens with zero attached hydrogens (tertiary/aromatic N) is 6. The van der Waals surface area contributed by atoms with E-state index in [9.17, 15) is 0 Å². The third-order valence-electron chi connectivity index (χ3n) is 5.32. The molecular weight excluding hydrogens is 428 g/mol. The van der Waals surface area contributed by atoms with Crippen LogP contribution in [0.15, 0.2) is 90.1 Å². The minimum atomic E-state index is 0.577. The Balaban J connectivity index is 1.47. The van der Waals surface area contributed by atoms with E-state index in [2.05, 4.69) is 101 Å². The maximum atomic E-state index is 4.69. The summed E-state index contributed by atoms with van der Waals surface area (Å²) >= 11 is 1.73. The van der Waals surface area contributed by atoms with E-state index in [1.54, 1.807) is 16.6 Å². The molecule has 0 aliphatic heterocycles. The lowest BCUT2D eigenvalue weighted by molar-refractivity contribution is 0.572. The molecule has 0 aliphatic rings. The van der Waals surface area contributed by atoms with Crippen LogP contribution in [0.1, 0.15) is 22.3 Å². The number of hydrogen-bond acceptors (Lipinski definition) is 5. The summed E-state index contributed by atoms with van der Waals surface area (Å²) in [5, 5.41) is 19.0. The van der Waals surface area contributed by atoms with E-state index in [-0.39, 0.29) is 0 Å². The maximum absolute atomic E-state index is 4.69. The molecule has 0 spiro atoms. The van der Waals surface area contributed by atoms with Gasteiger partial charge in [0.2, 0.25) is 5.82 Å². The van der Waals surface area contributed by atoms with E-state index < -0.39 is 0 Å². The molecule has 5 rings (SSSR count). The van der Waals surface area contributed by atoms with Gasteiger partial charge < -0.3 is 0 Å². The normalized spacial score (nSPS) is 11.1. The van der Waals surface area contributed by atoms with Crippen molar-refractivity contribution in [2.24, 2.45) is 0 Å². The molecular formula is C26H24N6S. The van der Waals surface area contributed by atoms with Gasteiger partial charge in [0.05, 0.1) is 24.0 Å². The molecule has 33 heavy (non-hydrogen) atoms. The Morgan fingerprint density at radius 3 is 2.39 bits per heavy atom. The van der Waals surface area contributed by atoms with Crippen LogP contribution in [-0.4, -0.2) is 30.0 Å². The molecule has 2 aromatic heterocycles. The molecule has 0 saturated heterocycles. The van der Waals surface area contributed by atoms with Crippen LogP contribution in [0.25, 0.3) is 17.1 Å². The molecule has 0 radical (unpaired) electrons. The van der Waals surface area contributed by atoms with Crippen molar-refractivity contribution in [3.05, 3.63) is 107 Å². The quantitative estimate of drug-likeness (QED) is 0.306. The lowest BCUT2D eigenvalue weighted by Crippen LogP contribution is -2.04. The predicted octanol–water partition coefficient (Wildman–Crippen LogP) is 5.48. The Kier molecular flexibility index (Phi) is 6.04. The van der Waals surface area contributed by atoms with Crippen molar-refractivity contribution in [2.45, 2.75) is 31.2 Å². The first kappa shape index (κ1) is 21.2. The lowest BCUT2D eigenvalue weighted by atomic mass is 10.1. The van der Waals surface area contributed by atoms with Crippen LogP contribution in [0.3, 0.4) is 0 Å². The van der Waals surface area contributed by atoms with Crippen LogP contribution in [0, 0.1) is 13.8 Å². The largest absolute Gasteiger partial charge is 0.226 e. The molecule has 6 nitrogen and oxygen atoms in total. The van der Waals surface area contributed by atoms with Crippen molar-refractivity contribution in [3.63, 3.8) is 0 Å². The number of benzene rings is 3. The van der Waals surface area contributed by atoms with Gasteiger partial charge in [-0.15, -0.1) is 22.0 Å². The van der Waals surface area contributed by atoms with Crippen molar-refractivity contribution in [2.75, 3.05) is 0 Å². The van der Waals surface area contributed by atoms with Crippen LogP contribution in [0.2, 0.25) is 0 Å². The van der Waals surface area contributed by atoms with Crippen LogP contribution in [0.5, 0.6) is 0 Å².